The minimum atomic E-state index is -0.461. The van der Waals surface area contributed by atoms with E-state index >= 15 is 0 Å². The molecule has 0 spiro atoms. The summed E-state index contributed by atoms with van der Waals surface area (Å²) in [5.74, 6) is 1.22. The molecule has 1 saturated heterocycles. The predicted molar refractivity (Wildman–Crippen MR) is 96.3 cm³/mol. The second kappa shape index (κ2) is 7.34. The Labute approximate surface area is 146 Å². The summed E-state index contributed by atoms with van der Waals surface area (Å²) in [6.07, 6.45) is 3.43. The molecular weight excluding hydrogens is 319 g/mol. The van der Waals surface area contributed by atoms with Gasteiger partial charge in [-0.15, -0.1) is 0 Å². The Morgan fingerprint density at radius 2 is 2.00 bits per heavy atom. The Bertz CT molecular complexity index is 777. The van der Waals surface area contributed by atoms with Crippen molar-refractivity contribution in [3.8, 4) is 6.07 Å². The molecule has 0 unspecified atom stereocenters. The molecule has 0 aliphatic carbocycles. The quantitative estimate of drug-likeness (QED) is 0.923. The van der Waals surface area contributed by atoms with Crippen LogP contribution in [0.5, 0.6) is 0 Å². The van der Waals surface area contributed by atoms with E-state index in [-0.39, 0.29) is 5.56 Å². The van der Waals surface area contributed by atoms with Crippen molar-refractivity contribution in [1.29, 1.82) is 5.26 Å². The van der Waals surface area contributed by atoms with Crippen LogP contribution in [0.2, 0.25) is 0 Å². The van der Waals surface area contributed by atoms with Crippen LogP contribution in [-0.2, 0) is 0 Å². The van der Waals surface area contributed by atoms with Gasteiger partial charge in [0.1, 0.15) is 29.8 Å². The molecule has 25 heavy (non-hydrogen) atoms. The molecule has 2 heterocycles. The van der Waals surface area contributed by atoms with Gasteiger partial charge in [-0.1, -0.05) is 0 Å². The number of benzene rings is 1. The van der Waals surface area contributed by atoms with E-state index in [9.17, 15) is 4.39 Å². The van der Waals surface area contributed by atoms with Crippen LogP contribution in [0, 0.1) is 17.1 Å². The van der Waals surface area contributed by atoms with E-state index in [1.807, 2.05) is 37.2 Å². The maximum absolute atomic E-state index is 13.8. The molecule has 1 aromatic heterocycles. The number of rotatable bonds is 4. The third-order valence-electron chi connectivity index (χ3n) is 4.40. The fraction of sp³-hybridized carbons (Fsp3) is 0.389. The molecule has 130 valence electrons. The second-order valence-electron chi connectivity index (χ2n) is 6.34. The van der Waals surface area contributed by atoms with Crippen molar-refractivity contribution in [2.75, 3.05) is 42.3 Å². The van der Waals surface area contributed by atoms with Crippen molar-refractivity contribution in [2.45, 2.75) is 18.9 Å². The highest BCUT2D eigenvalue weighted by Crippen LogP contribution is 2.24. The van der Waals surface area contributed by atoms with Gasteiger partial charge in [0, 0.05) is 45.0 Å². The van der Waals surface area contributed by atoms with Gasteiger partial charge in [-0.3, -0.25) is 0 Å². The normalized spacial score (nSPS) is 14.9. The summed E-state index contributed by atoms with van der Waals surface area (Å²) in [7, 11) is 3.89. The second-order valence-corrected chi connectivity index (χ2v) is 6.34. The van der Waals surface area contributed by atoms with E-state index in [1.54, 1.807) is 12.4 Å². The summed E-state index contributed by atoms with van der Waals surface area (Å²) in [4.78, 5) is 12.6. The van der Waals surface area contributed by atoms with Gasteiger partial charge < -0.3 is 15.1 Å². The first-order valence-corrected chi connectivity index (χ1v) is 8.27. The van der Waals surface area contributed by atoms with E-state index in [2.05, 4.69) is 20.2 Å². The lowest BCUT2D eigenvalue weighted by Crippen LogP contribution is -2.39. The fourth-order valence-electron chi connectivity index (χ4n) is 2.95. The molecule has 1 aliphatic rings. The Morgan fingerprint density at radius 3 is 2.64 bits per heavy atom. The van der Waals surface area contributed by atoms with Crippen LogP contribution in [-0.4, -0.2) is 43.2 Å². The highest BCUT2D eigenvalue weighted by molar-refractivity contribution is 5.51. The maximum atomic E-state index is 13.8. The van der Waals surface area contributed by atoms with Crippen molar-refractivity contribution in [1.82, 2.24) is 9.97 Å². The maximum Gasteiger partial charge on any atom is 0.143 e. The summed E-state index contributed by atoms with van der Waals surface area (Å²) in [5.41, 5.74) is 0.910. The lowest BCUT2D eigenvalue weighted by Gasteiger charge is -2.34. The standard InChI is InChI=1S/C18H21FN6/c1-24(2)18-10-17(21-12-22-18)23-14-5-7-25(8-6-14)15-4-3-13(11-20)16(19)9-15/h3-4,9-10,12,14H,5-8H2,1-2H3,(H,21,22,23). The fourth-order valence-corrected chi connectivity index (χ4v) is 2.95. The Hall–Kier alpha value is -2.88. The molecule has 2 aromatic rings. The van der Waals surface area contributed by atoms with E-state index in [1.165, 1.54) is 6.07 Å². The van der Waals surface area contributed by atoms with E-state index in [4.69, 9.17) is 5.26 Å². The first-order chi connectivity index (χ1) is 12.1. The van der Waals surface area contributed by atoms with Crippen LogP contribution in [0.25, 0.3) is 0 Å². The molecular formula is C18H21FN6. The third-order valence-corrected chi connectivity index (χ3v) is 4.40. The van der Waals surface area contributed by atoms with Gasteiger partial charge in [-0.05, 0) is 31.0 Å². The Morgan fingerprint density at radius 1 is 1.24 bits per heavy atom. The highest BCUT2D eigenvalue weighted by atomic mass is 19.1. The van der Waals surface area contributed by atoms with Gasteiger partial charge in [-0.25, -0.2) is 14.4 Å². The topological polar surface area (TPSA) is 68.1 Å². The van der Waals surface area contributed by atoms with Crippen molar-refractivity contribution in [3.05, 3.63) is 42.0 Å². The third kappa shape index (κ3) is 3.97. The van der Waals surface area contributed by atoms with E-state index in [0.29, 0.717) is 6.04 Å². The van der Waals surface area contributed by atoms with Crippen LogP contribution in [0.15, 0.2) is 30.6 Å². The number of halogens is 1. The van der Waals surface area contributed by atoms with Gasteiger partial charge in [0.25, 0.3) is 0 Å². The van der Waals surface area contributed by atoms with Gasteiger partial charge >= 0.3 is 0 Å². The molecule has 1 aromatic carbocycles. The number of anilines is 3. The molecule has 1 fully saturated rings. The summed E-state index contributed by atoms with van der Waals surface area (Å²) in [6.45, 7) is 1.66. The molecule has 7 heteroatoms. The monoisotopic (exact) mass is 340 g/mol. The first-order valence-electron chi connectivity index (χ1n) is 8.27. The van der Waals surface area contributed by atoms with E-state index < -0.39 is 5.82 Å². The van der Waals surface area contributed by atoms with Crippen LogP contribution in [0.1, 0.15) is 18.4 Å². The summed E-state index contributed by atoms with van der Waals surface area (Å²) >= 11 is 0. The van der Waals surface area contributed by atoms with Gasteiger partial charge in [0.15, 0.2) is 0 Å². The number of piperidine rings is 1. The highest BCUT2D eigenvalue weighted by Gasteiger charge is 2.20. The van der Waals surface area contributed by atoms with Crippen molar-refractivity contribution < 1.29 is 4.39 Å². The Kier molecular flexibility index (Phi) is 4.98. The average Bonchev–Trinajstić information content (AvgIpc) is 2.62. The summed E-state index contributed by atoms with van der Waals surface area (Å²) < 4.78 is 13.8. The molecule has 0 amide bonds. The van der Waals surface area contributed by atoms with Crippen molar-refractivity contribution in [3.63, 3.8) is 0 Å². The predicted octanol–water partition coefficient (Wildman–Crippen LogP) is 2.63. The van der Waals surface area contributed by atoms with E-state index in [0.717, 1.165) is 43.3 Å². The minimum absolute atomic E-state index is 0.0840. The number of hydrogen-bond acceptors (Lipinski definition) is 6. The number of nitrogens with one attached hydrogen (secondary N) is 1. The van der Waals surface area contributed by atoms with Crippen LogP contribution >= 0.6 is 0 Å². The molecule has 0 saturated carbocycles. The van der Waals surface area contributed by atoms with Gasteiger partial charge in [0.2, 0.25) is 0 Å². The number of nitrogens with zero attached hydrogens (tertiary/aromatic N) is 5. The zero-order valence-corrected chi connectivity index (χ0v) is 14.4. The largest absolute Gasteiger partial charge is 0.371 e. The molecule has 0 atom stereocenters. The lowest BCUT2D eigenvalue weighted by molar-refractivity contribution is 0.524. The zero-order chi connectivity index (χ0) is 17.8. The van der Waals surface area contributed by atoms with Crippen LogP contribution in [0.4, 0.5) is 21.7 Å². The smallest absolute Gasteiger partial charge is 0.143 e. The summed E-state index contributed by atoms with van der Waals surface area (Å²) in [6, 6.07) is 8.90. The number of aromatic nitrogens is 2. The lowest BCUT2D eigenvalue weighted by atomic mass is 10.0. The number of hydrogen-bond donors (Lipinski definition) is 1. The van der Waals surface area contributed by atoms with Crippen LogP contribution < -0.4 is 15.1 Å². The van der Waals surface area contributed by atoms with Gasteiger partial charge in [-0.2, -0.15) is 5.26 Å². The Balaban J connectivity index is 1.60. The molecule has 6 nitrogen and oxygen atoms in total. The molecule has 1 N–H and O–H groups in total. The minimum Gasteiger partial charge on any atom is -0.371 e. The average molecular weight is 340 g/mol. The summed E-state index contributed by atoms with van der Waals surface area (Å²) in [5, 5.41) is 12.3. The molecule has 0 bridgehead atoms. The zero-order valence-electron chi connectivity index (χ0n) is 14.4. The first kappa shape index (κ1) is 17.0. The van der Waals surface area contributed by atoms with Crippen molar-refractivity contribution >= 4 is 17.3 Å². The molecule has 1 aliphatic heterocycles. The van der Waals surface area contributed by atoms with Crippen LogP contribution in [0.3, 0.4) is 0 Å². The SMILES string of the molecule is CN(C)c1cc(NC2CCN(c3ccc(C#N)c(F)c3)CC2)ncn1. The molecule has 3 rings (SSSR count). The number of nitriles is 1. The molecule has 0 radical (unpaired) electrons. The van der Waals surface area contributed by atoms with Crippen molar-refractivity contribution in [2.24, 2.45) is 0 Å². The van der Waals surface area contributed by atoms with Gasteiger partial charge in [0.05, 0.1) is 5.56 Å².